The number of benzene rings is 2. The number of halogens is 1. The van der Waals surface area contributed by atoms with Gasteiger partial charge in [-0.2, -0.15) is 0 Å². The van der Waals surface area contributed by atoms with Gasteiger partial charge in [0, 0.05) is 17.0 Å². The lowest BCUT2D eigenvalue weighted by Gasteiger charge is -2.23. The Morgan fingerprint density at radius 1 is 1.05 bits per heavy atom. The third kappa shape index (κ3) is 2.83. The molecule has 0 radical (unpaired) electrons. The van der Waals surface area contributed by atoms with Crippen molar-refractivity contribution in [3.63, 3.8) is 0 Å². The maximum atomic E-state index is 11.8. The van der Waals surface area contributed by atoms with Gasteiger partial charge in [0.05, 0.1) is 0 Å². The van der Waals surface area contributed by atoms with E-state index < -0.39 is 0 Å². The Bertz CT molecular complexity index is 662. The van der Waals surface area contributed by atoms with Crippen LogP contribution in [-0.4, -0.2) is 5.97 Å². The van der Waals surface area contributed by atoms with Gasteiger partial charge in [0.2, 0.25) is 0 Å². The molecule has 0 bridgehead atoms. The zero-order chi connectivity index (χ0) is 13.9. The first-order valence-corrected chi connectivity index (χ1v) is 7.24. The van der Waals surface area contributed by atoms with E-state index in [0.717, 1.165) is 21.2 Å². The number of ether oxygens (including phenoxy) is 1. The van der Waals surface area contributed by atoms with Crippen molar-refractivity contribution in [2.45, 2.75) is 12.5 Å². The molecule has 1 unspecified atom stereocenters. The fourth-order valence-electron chi connectivity index (χ4n) is 2.36. The SMILES string of the molecule is O=C1C=C(c2cccc(Br)c2)CC(c2ccccc2)O1. The summed E-state index contributed by atoms with van der Waals surface area (Å²) in [5, 5.41) is 0. The second-order valence-corrected chi connectivity index (χ2v) is 5.64. The highest BCUT2D eigenvalue weighted by atomic mass is 79.9. The van der Waals surface area contributed by atoms with Crippen molar-refractivity contribution in [1.82, 2.24) is 0 Å². The molecule has 1 aliphatic rings. The largest absolute Gasteiger partial charge is 0.454 e. The molecule has 2 aromatic rings. The highest BCUT2D eigenvalue weighted by molar-refractivity contribution is 9.10. The van der Waals surface area contributed by atoms with Crippen molar-refractivity contribution < 1.29 is 9.53 Å². The van der Waals surface area contributed by atoms with E-state index in [0.29, 0.717) is 6.42 Å². The number of hydrogen-bond donors (Lipinski definition) is 0. The standard InChI is InChI=1S/C17H13BrO2/c18-15-8-4-7-13(9-15)14-10-16(20-17(19)11-14)12-5-2-1-3-6-12/h1-9,11,16H,10H2. The molecule has 0 saturated carbocycles. The summed E-state index contributed by atoms with van der Waals surface area (Å²) in [5.74, 6) is -0.278. The Balaban J connectivity index is 1.92. The number of hydrogen-bond acceptors (Lipinski definition) is 2. The van der Waals surface area contributed by atoms with Gasteiger partial charge >= 0.3 is 5.97 Å². The summed E-state index contributed by atoms with van der Waals surface area (Å²) < 4.78 is 6.43. The van der Waals surface area contributed by atoms with Crippen LogP contribution < -0.4 is 0 Å². The summed E-state index contributed by atoms with van der Waals surface area (Å²) in [6, 6.07) is 17.8. The Hall–Kier alpha value is -1.87. The zero-order valence-corrected chi connectivity index (χ0v) is 12.3. The lowest BCUT2D eigenvalue weighted by Crippen LogP contribution is -2.15. The maximum absolute atomic E-state index is 11.8. The van der Waals surface area contributed by atoms with E-state index >= 15 is 0 Å². The van der Waals surface area contributed by atoms with Crippen molar-refractivity contribution in [1.29, 1.82) is 0 Å². The maximum Gasteiger partial charge on any atom is 0.331 e. The van der Waals surface area contributed by atoms with Gasteiger partial charge in [-0.1, -0.05) is 58.4 Å². The van der Waals surface area contributed by atoms with Crippen molar-refractivity contribution in [3.8, 4) is 0 Å². The summed E-state index contributed by atoms with van der Waals surface area (Å²) in [6.07, 6.45) is 2.08. The van der Waals surface area contributed by atoms with Crippen molar-refractivity contribution in [3.05, 3.63) is 76.3 Å². The monoisotopic (exact) mass is 328 g/mol. The highest BCUT2D eigenvalue weighted by Gasteiger charge is 2.23. The molecule has 0 aliphatic carbocycles. The van der Waals surface area contributed by atoms with Crippen LogP contribution in [0, 0.1) is 0 Å². The second kappa shape index (κ2) is 5.63. The molecule has 3 heteroatoms. The Labute approximate surface area is 126 Å². The first kappa shape index (κ1) is 13.1. The molecule has 0 spiro atoms. The van der Waals surface area contributed by atoms with Crippen molar-refractivity contribution in [2.75, 3.05) is 0 Å². The molecular weight excluding hydrogens is 316 g/mol. The highest BCUT2D eigenvalue weighted by Crippen LogP contribution is 2.34. The number of carbonyl (C=O) groups excluding carboxylic acids is 1. The van der Waals surface area contributed by atoms with Crippen molar-refractivity contribution >= 4 is 27.5 Å². The molecule has 20 heavy (non-hydrogen) atoms. The van der Waals surface area contributed by atoms with Gasteiger partial charge in [-0.25, -0.2) is 4.79 Å². The predicted molar refractivity (Wildman–Crippen MR) is 82.0 cm³/mol. The molecule has 1 aliphatic heterocycles. The lowest BCUT2D eigenvalue weighted by molar-refractivity contribution is -0.144. The minimum absolute atomic E-state index is 0.206. The molecule has 3 rings (SSSR count). The molecule has 0 N–H and O–H groups in total. The van der Waals surface area contributed by atoms with E-state index in [9.17, 15) is 4.79 Å². The van der Waals surface area contributed by atoms with Crippen LogP contribution in [0.3, 0.4) is 0 Å². The second-order valence-electron chi connectivity index (χ2n) is 4.72. The number of cyclic esters (lactones) is 1. The lowest BCUT2D eigenvalue weighted by atomic mass is 9.94. The number of esters is 1. The van der Waals surface area contributed by atoms with E-state index in [1.807, 2.05) is 54.6 Å². The fourth-order valence-corrected chi connectivity index (χ4v) is 2.76. The van der Waals surface area contributed by atoms with Crippen LogP contribution in [0.4, 0.5) is 0 Å². The van der Waals surface area contributed by atoms with Gasteiger partial charge in [0.1, 0.15) is 6.10 Å². The van der Waals surface area contributed by atoms with Crippen molar-refractivity contribution in [2.24, 2.45) is 0 Å². The van der Waals surface area contributed by atoms with Crippen LogP contribution in [0.5, 0.6) is 0 Å². The zero-order valence-electron chi connectivity index (χ0n) is 10.8. The Morgan fingerprint density at radius 2 is 1.85 bits per heavy atom. The third-order valence-corrected chi connectivity index (χ3v) is 3.82. The average Bonchev–Trinajstić information content (AvgIpc) is 2.47. The minimum atomic E-state index is -0.278. The van der Waals surface area contributed by atoms with Crippen LogP contribution in [0.25, 0.3) is 5.57 Å². The number of carbonyl (C=O) groups is 1. The first-order chi connectivity index (χ1) is 9.72. The molecule has 2 nitrogen and oxygen atoms in total. The average molecular weight is 329 g/mol. The first-order valence-electron chi connectivity index (χ1n) is 6.44. The topological polar surface area (TPSA) is 26.3 Å². The quantitative estimate of drug-likeness (QED) is 0.757. The van der Waals surface area contributed by atoms with Gasteiger partial charge in [-0.3, -0.25) is 0 Å². The smallest absolute Gasteiger partial charge is 0.331 e. The van der Waals surface area contributed by atoms with Gasteiger partial charge in [0.25, 0.3) is 0 Å². The molecule has 0 aromatic heterocycles. The molecule has 100 valence electrons. The van der Waals surface area contributed by atoms with Crippen LogP contribution in [0.1, 0.15) is 23.7 Å². The van der Waals surface area contributed by atoms with E-state index in [1.165, 1.54) is 0 Å². The third-order valence-electron chi connectivity index (χ3n) is 3.32. The van der Waals surface area contributed by atoms with Gasteiger partial charge < -0.3 is 4.74 Å². The van der Waals surface area contributed by atoms with Gasteiger partial charge in [-0.15, -0.1) is 0 Å². The Kier molecular flexibility index (Phi) is 3.70. The van der Waals surface area contributed by atoms with E-state index in [1.54, 1.807) is 6.08 Å². The van der Waals surface area contributed by atoms with Crippen LogP contribution in [-0.2, 0) is 9.53 Å². The van der Waals surface area contributed by atoms with Crippen LogP contribution in [0.15, 0.2) is 65.1 Å². The fraction of sp³-hybridized carbons (Fsp3) is 0.118. The summed E-state index contributed by atoms with van der Waals surface area (Å²) in [7, 11) is 0. The number of rotatable bonds is 2. The molecule has 1 heterocycles. The molecule has 0 fully saturated rings. The molecule has 0 saturated heterocycles. The van der Waals surface area contributed by atoms with Gasteiger partial charge in [-0.05, 0) is 28.8 Å². The normalized spacial score (nSPS) is 18.4. The van der Waals surface area contributed by atoms with E-state index in [4.69, 9.17) is 4.74 Å². The van der Waals surface area contributed by atoms with Crippen LogP contribution >= 0.6 is 15.9 Å². The predicted octanol–water partition coefficient (Wildman–Crippen LogP) is 4.52. The van der Waals surface area contributed by atoms with E-state index in [2.05, 4.69) is 15.9 Å². The molecule has 2 aromatic carbocycles. The molecule has 0 amide bonds. The molecular formula is C17H13BrO2. The summed E-state index contributed by atoms with van der Waals surface area (Å²) >= 11 is 3.46. The Morgan fingerprint density at radius 3 is 2.60 bits per heavy atom. The van der Waals surface area contributed by atoms with E-state index in [-0.39, 0.29) is 12.1 Å². The minimum Gasteiger partial charge on any atom is -0.454 e. The summed E-state index contributed by atoms with van der Waals surface area (Å²) in [5.41, 5.74) is 3.09. The summed E-state index contributed by atoms with van der Waals surface area (Å²) in [6.45, 7) is 0. The van der Waals surface area contributed by atoms with Gasteiger partial charge in [0.15, 0.2) is 0 Å². The molecule has 1 atom stereocenters. The summed E-state index contributed by atoms with van der Waals surface area (Å²) in [4.78, 5) is 11.8. The van der Waals surface area contributed by atoms with Crippen LogP contribution in [0.2, 0.25) is 0 Å².